The molecule has 0 aliphatic carbocycles. The first-order valence-corrected chi connectivity index (χ1v) is 7.68. The predicted octanol–water partition coefficient (Wildman–Crippen LogP) is 3.82. The van der Waals surface area contributed by atoms with Gasteiger partial charge in [0.2, 0.25) is 0 Å². The van der Waals surface area contributed by atoms with E-state index in [9.17, 15) is 9.50 Å². The number of benzene rings is 1. The second-order valence-corrected chi connectivity index (χ2v) is 6.17. The Kier molecular flexibility index (Phi) is 4.82. The molecule has 1 aliphatic rings. The van der Waals surface area contributed by atoms with E-state index in [4.69, 9.17) is 0 Å². The number of nitrogens with zero attached hydrogens (tertiary/aromatic N) is 1. The van der Waals surface area contributed by atoms with Gasteiger partial charge in [-0.15, -0.1) is 0 Å². The first-order chi connectivity index (χ1) is 9.49. The molecule has 2 rings (SSSR count). The molecule has 1 aromatic rings. The lowest BCUT2D eigenvalue weighted by molar-refractivity contribution is -0.0352. The lowest BCUT2D eigenvalue weighted by Gasteiger charge is -2.46. The van der Waals surface area contributed by atoms with Crippen molar-refractivity contribution in [3.05, 3.63) is 35.1 Å². The van der Waals surface area contributed by atoms with Gasteiger partial charge in [-0.2, -0.15) is 0 Å². The number of hydrogen-bond acceptors (Lipinski definition) is 2. The molecule has 2 atom stereocenters. The number of aryl methyl sites for hydroxylation is 1. The van der Waals surface area contributed by atoms with Crippen LogP contribution in [0, 0.1) is 12.7 Å². The van der Waals surface area contributed by atoms with Crippen molar-refractivity contribution in [1.29, 1.82) is 0 Å². The molecule has 1 aromatic carbocycles. The molecule has 0 saturated carbocycles. The van der Waals surface area contributed by atoms with Crippen LogP contribution in [0.15, 0.2) is 18.2 Å². The molecule has 2 nitrogen and oxygen atoms in total. The first kappa shape index (κ1) is 15.5. The van der Waals surface area contributed by atoms with Crippen LogP contribution < -0.4 is 0 Å². The molecule has 0 spiro atoms. The van der Waals surface area contributed by atoms with Crippen LogP contribution in [0.25, 0.3) is 0 Å². The van der Waals surface area contributed by atoms with Crippen LogP contribution in [0.5, 0.6) is 0 Å². The van der Waals surface area contributed by atoms with Gasteiger partial charge in [-0.05, 0) is 63.4 Å². The molecule has 1 saturated heterocycles. The SMILES string of the molecule is CCC(C)(C(O)c1ccc(F)c(C)c1)N1CCCCC1. The Morgan fingerprint density at radius 3 is 2.50 bits per heavy atom. The zero-order valence-corrected chi connectivity index (χ0v) is 12.8. The third-order valence-corrected chi connectivity index (χ3v) is 4.88. The van der Waals surface area contributed by atoms with Crippen LogP contribution in [0.3, 0.4) is 0 Å². The summed E-state index contributed by atoms with van der Waals surface area (Å²) in [6.07, 6.45) is 3.98. The Labute approximate surface area is 121 Å². The van der Waals surface area contributed by atoms with Crippen molar-refractivity contribution in [1.82, 2.24) is 4.90 Å². The Morgan fingerprint density at radius 2 is 1.95 bits per heavy atom. The molecule has 1 fully saturated rings. The summed E-state index contributed by atoms with van der Waals surface area (Å²) >= 11 is 0. The fourth-order valence-electron chi connectivity index (χ4n) is 3.19. The van der Waals surface area contributed by atoms with Crippen molar-refractivity contribution >= 4 is 0 Å². The van der Waals surface area contributed by atoms with Gasteiger partial charge in [-0.1, -0.05) is 25.5 Å². The molecule has 0 bridgehead atoms. The maximum atomic E-state index is 13.4. The number of aliphatic hydroxyl groups excluding tert-OH is 1. The van der Waals surface area contributed by atoms with Gasteiger partial charge in [-0.25, -0.2) is 4.39 Å². The van der Waals surface area contributed by atoms with Crippen molar-refractivity contribution < 1.29 is 9.50 Å². The van der Waals surface area contributed by atoms with Crippen LogP contribution in [0.4, 0.5) is 4.39 Å². The smallest absolute Gasteiger partial charge is 0.126 e. The molecular weight excluding hydrogens is 253 g/mol. The highest BCUT2D eigenvalue weighted by Gasteiger charge is 2.38. The van der Waals surface area contributed by atoms with Gasteiger partial charge in [0.05, 0.1) is 6.10 Å². The average Bonchev–Trinajstić information content (AvgIpc) is 2.49. The largest absolute Gasteiger partial charge is 0.386 e. The highest BCUT2D eigenvalue weighted by molar-refractivity contribution is 5.27. The van der Waals surface area contributed by atoms with E-state index in [0.717, 1.165) is 25.1 Å². The topological polar surface area (TPSA) is 23.5 Å². The van der Waals surface area contributed by atoms with Crippen molar-refractivity contribution in [2.24, 2.45) is 0 Å². The van der Waals surface area contributed by atoms with Gasteiger partial charge in [0.15, 0.2) is 0 Å². The van der Waals surface area contributed by atoms with E-state index in [1.165, 1.54) is 25.3 Å². The van der Waals surface area contributed by atoms with E-state index < -0.39 is 6.10 Å². The van der Waals surface area contributed by atoms with E-state index in [1.807, 2.05) is 0 Å². The molecular formula is C17H26FNO. The zero-order valence-electron chi connectivity index (χ0n) is 12.8. The van der Waals surface area contributed by atoms with E-state index in [-0.39, 0.29) is 11.4 Å². The van der Waals surface area contributed by atoms with E-state index in [1.54, 1.807) is 19.1 Å². The lowest BCUT2D eigenvalue weighted by atomic mass is 9.83. The fourth-order valence-corrected chi connectivity index (χ4v) is 3.19. The summed E-state index contributed by atoms with van der Waals surface area (Å²) in [6, 6.07) is 4.95. The normalized spacial score (nSPS) is 21.4. The first-order valence-electron chi connectivity index (χ1n) is 7.68. The summed E-state index contributed by atoms with van der Waals surface area (Å²) in [6.45, 7) is 8.08. The summed E-state index contributed by atoms with van der Waals surface area (Å²) in [4.78, 5) is 2.40. The number of likely N-dealkylation sites (tertiary alicyclic amines) is 1. The molecule has 3 heteroatoms. The molecule has 1 aliphatic heterocycles. The van der Waals surface area contributed by atoms with Crippen LogP contribution in [0.2, 0.25) is 0 Å². The third kappa shape index (κ3) is 2.89. The Bertz CT molecular complexity index is 456. The highest BCUT2D eigenvalue weighted by atomic mass is 19.1. The molecule has 0 amide bonds. The van der Waals surface area contributed by atoms with Gasteiger partial charge in [0.25, 0.3) is 0 Å². The van der Waals surface area contributed by atoms with Crippen molar-refractivity contribution in [2.45, 2.75) is 58.1 Å². The minimum Gasteiger partial charge on any atom is -0.386 e. The van der Waals surface area contributed by atoms with Crippen LogP contribution in [-0.4, -0.2) is 28.6 Å². The monoisotopic (exact) mass is 279 g/mol. The van der Waals surface area contributed by atoms with E-state index >= 15 is 0 Å². The molecule has 1 N–H and O–H groups in total. The number of aliphatic hydroxyl groups is 1. The van der Waals surface area contributed by atoms with E-state index in [2.05, 4.69) is 18.7 Å². The Hall–Kier alpha value is -0.930. The summed E-state index contributed by atoms with van der Waals surface area (Å²) < 4.78 is 13.4. The molecule has 112 valence electrons. The quantitative estimate of drug-likeness (QED) is 0.905. The maximum absolute atomic E-state index is 13.4. The van der Waals surface area contributed by atoms with Gasteiger partial charge in [0, 0.05) is 5.54 Å². The second kappa shape index (κ2) is 6.23. The van der Waals surface area contributed by atoms with Crippen LogP contribution in [0.1, 0.15) is 56.8 Å². The standard InChI is InChI=1S/C17H26FNO/c1-4-17(3,19-10-6-5-7-11-19)16(20)14-8-9-15(18)13(2)12-14/h8-9,12,16,20H,4-7,10-11H2,1-3H3. The molecule has 0 aromatic heterocycles. The fraction of sp³-hybridized carbons (Fsp3) is 0.647. The zero-order chi connectivity index (χ0) is 14.8. The van der Waals surface area contributed by atoms with Gasteiger partial charge >= 0.3 is 0 Å². The summed E-state index contributed by atoms with van der Waals surface area (Å²) in [5.41, 5.74) is 1.14. The molecule has 2 unspecified atom stereocenters. The lowest BCUT2D eigenvalue weighted by Crippen LogP contribution is -2.52. The molecule has 20 heavy (non-hydrogen) atoms. The van der Waals surface area contributed by atoms with Gasteiger partial charge in [-0.3, -0.25) is 4.90 Å². The Balaban J connectivity index is 2.26. The molecule has 1 heterocycles. The summed E-state index contributed by atoms with van der Waals surface area (Å²) in [5, 5.41) is 10.8. The van der Waals surface area contributed by atoms with Crippen molar-refractivity contribution in [3.8, 4) is 0 Å². The number of rotatable bonds is 4. The summed E-state index contributed by atoms with van der Waals surface area (Å²) in [7, 11) is 0. The number of halogens is 1. The minimum absolute atomic E-state index is 0.211. The van der Waals surface area contributed by atoms with Crippen molar-refractivity contribution in [3.63, 3.8) is 0 Å². The van der Waals surface area contributed by atoms with Crippen LogP contribution >= 0.6 is 0 Å². The Morgan fingerprint density at radius 1 is 1.30 bits per heavy atom. The van der Waals surface area contributed by atoms with Crippen LogP contribution in [-0.2, 0) is 0 Å². The summed E-state index contributed by atoms with van der Waals surface area (Å²) in [5.74, 6) is -0.211. The minimum atomic E-state index is -0.579. The van der Waals surface area contributed by atoms with E-state index in [0.29, 0.717) is 5.56 Å². The maximum Gasteiger partial charge on any atom is 0.126 e. The number of piperidine rings is 1. The third-order valence-electron chi connectivity index (χ3n) is 4.88. The molecule has 0 radical (unpaired) electrons. The number of hydrogen-bond donors (Lipinski definition) is 1. The van der Waals surface area contributed by atoms with Crippen molar-refractivity contribution in [2.75, 3.05) is 13.1 Å². The van der Waals surface area contributed by atoms with Gasteiger partial charge in [0.1, 0.15) is 5.82 Å². The second-order valence-electron chi connectivity index (χ2n) is 6.17. The highest BCUT2D eigenvalue weighted by Crippen LogP contribution is 2.36. The average molecular weight is 279 g/mol. The van der Waals surface area contributed by atoms with Gasteiger partial charge < -0.3 is 5.11 Å². The predicted molar refractivity (Wildman–Crippen MR) is 80.2 cm³/mol.